The summed E-state index contributed by atoms with van der Waals surface area (Å²) in [7, 11) is 0. The Balaban J connectivity index is 2.11. The lowest BCUT2D eigenvalue weighted by Crippen LogP contribution is -2.08. The van der Waals surface area contributed by atoms with Crippen LogP contribution < -0.4 is 0 Å². The fourth-order valence-electron chi connectivity index (χ4n) is 2.30. The minimum atomic E-state index is 0.597. The summed E-state index contributed by atoms with van der Waals surface area (Å²) in [6.45, 7) is 5.42. The SMILES string of the molecule is CCCCC(Cn1ccnc1)c1ccc(C)cc1. The lowest BCUT2D eigenvalue weighted by atomic mass is 9.93. The summed E-state index contributed by atoms with van der Waals surface area (Å²) in [5, 5.41) is 0. The van der Waals surface area contributed by atoms with Gasteiger partial charge in [0, 0.05) is 24.9 Å². The molecule has 2 nitrogen and oxygen atoms in total. The number of aromatic nitrogens is 2. The van der Waals surface area contributed by atoms with E-state index in [9.17, 15) is 0 Å². The number of rotatable bonds is 6. The molecular formula is C16H22N2. The minimum absolute atomic E-state index is 0.597. The first-order valence-electron chi connectivity index (χ1n) is 6.82. The number of imidazole rings is 1. The van der Waals surface area contributed by atoms with Gasteiger partial charge in [0.1, 0.15) is 0 Å². The van der Waals surface area contributed by atoms with Gasteiger partial charge in [-0.25, -0.2) is 4.98 Å². The van der Waals surface area contributed by atoms with Crippen LogP contribution in [0.1, 0.15) is 43.2 Å². The van der Waals surface area contributed by atoms with E-state index in [-0.39, 0.29) is 0 Å². The third-order valence-corrected chi connectivity index (χ3v) is 3.45. The second kappa shape index (κ2) is 6.39. The average Bonchev–Trinajstić information content (AvgIpc) is 2.88. The summed E-state index contributed by atoms with van der Waals surface area (Å²) in [5.41, 5.74) is 2.78. The molecule has 0 aliphatic carbocycles. The lowest BCUT2D eigenvalue weighted by Gasteiger charge is -2.18. The van der Waals surface area contributed by atoms with Crippen LogP contribution in [0.15, 0.2) is 43.0 Å². The summed E-state index contributed by atoms with van der Waals surface area (Å²) in [6.07, 6.45) is 9.60. The molecule has 0 amide bonds. The van der Waals surface area contributed by atoms with Gasteiger partial charge in [-0.1, -0.05) is 49.6 Å². The van der Waals surface area contributed by atoms with Crippen molar-refractivity contribution in [2.75, 3.05) is 0 Å². The predicted octanol–water partition coefficient (Wildman–Crippen LogP) is 4.17. The molecule has 2 heteroatoms. The van der Waals surface area contributed by atoms with Crippen LogP contribution in [0.5, 0.6) is 0 Å². The van der Waals surface area contributed by atoms with E-state index in [0.717, 1.165) is 6.54 Å². The predicted molar refractivity (Wildman–Crippen MR) is 75.7 cm³/mol. The first kappa shape index (κ1) is 12.9. The zero-order chi connectivity index (χ0) is 12.8. The van der Waals surface area contributed by atoms with Crippen LogP contribution in [0, 0.1) is 6.92 Å². The summed E-state index contributed by atoms with van der Waals surface area (Å²) < 4.78 is 2.18. The maximum atomic E-state index is 4.13. The van der Waals surface area contributed by atoms with Crippen molar-refractivity contribution in [2.45, 2.75) is 45.6 Å². The van der Waals surface area contributed by atoms with Crippen molar-refractivity contribution in [1.82, 2.24) is 9.55 Å². The largest absolute Gasteiger partial charge is 0.337 e. The fraction of sp³-hybridized carbons (Fsp3) is 0.438. The molecule has 1 aromatic carbocycles. The van der Waals surface area contributed by atoms with E-state index < -0.39 is 0 Å². The van der Waals surface area contributed by atoms with Gasteiger partial charge in [0.15, 0.2) is 0 Å². The van der Waals surface area contributed by atoms with Gasteiger partial charge in [0.25, 0.3) is 0 Å². The third-order valence-electron chi connectivity index (χ3n) is 3.45. The van der Waals surface area contributed by atoms with Crippen LogP contribution in [0.2, 0.25) is 0 Å². The van der Waals surface area contributed by atoms with Gasteiger partial charge in [-0.2, -0.15) is 0 Å². The molecular weight excluding hydrogens is 220 g/mol. The maximum absolute atomic E-state index is 4.13. The summed E-state index contributed by atoms with van der Waals surface area (Å²) in [5.74, 6) is 0.597. The van der Waals surface area contributed by atoms with E-state index in [1.807, 2.05) is 18.7 Å². The van der Waals surface area contributed by atoms with Crippen molar-refractivity contribution < 1.29 is 0 Å². The van der Waals surface area contributed by atoms with E-state index in [1.165, 1.54) is 30.4 Å². The van der Waals surface area contributed by atoms with Gasteiger partial charge < -0.3 is 4.57 Å². The van der Waals surface area contributed by atoms with E-state index in [2.05, 4.69) is 47.7 Å². The van der Waals surface area contributed by atoms with E-state index in [1.54, 1.807) is 0 Å². The normalized spacial score (nSPS) is 12.6. The number of hydrogen-bond acceptors (Lipinski definition) is 1. The molecule has 0 aliphatic rings. The van der Waals surface area contributed by atoms with Crippen molar-refractivity contribution in [3.63, 3.8) is 0 Å². The van der Waals surface area contributed by atoms with E-state index in [4.69, 9.17) is 0 Å². The quantitative estimate of drug-likeness (QED) is 0.743. The molecule has 2 rings (SSSR count). The minimum Gasteiger partial charge on any atom is -0.337 e. The maximum Gasteiger partial charge on any atom is 0.0946 e. The Morgan fingerprint density at radius 1 is 1.22 bits per heavy atom. The van der Waals surface area contributed by atoms with Gasteiger partial charge in [-0.05, 0) is 18.9 Å². The van der Waals surface area contributed by atoms with Crippen molar-refractivity contribution in [1.29, 1.82) is 0 Å². The highest BCUT2D eigenvalue weighted by molar-refractivity contribution is 5.24. The summed E-state index contributed by atoms with van der Waals surface area (Å²) in [6, 6.07) is 8.96. The molecule has 96 valence electrons. The zero-order valence-corrected chi connectivity index (χ0v) is 11.3. The standard InChI is InChI=1S/C16H22N2/c1-3-4-5-16(12-18-11-10-17-13-18)15-8-6-14(2)7-9-15/h6-11,13,16H,3-5,12H2,1-2H3. The number of unbranched alkanes of at least 4 members (excludes halogenated alkanes) is 1. The molecule has 0 aliphatic heterocycles. The summed E-state index contributed by atoms with van der Waals surface area (Å²) in [4.78, 5) is 4.13. The number of benzene rings is 1. The first-order valence-corrected chi connectivity index (χ1v) is 6.82. The van der Waals surface area contributed by atoms with Gasteiger partial charge in [0.2, 0.25) is 0 Å². The van der Waals surface area contributed by atoms with Crippen LogP contribution in [0.25, 0.3) is 0 Å². The molecule has 0 spiro atoms. The van der Waals surface area contributed by atoms with Crippen molar-refractivity contribution in [3.05, 3.63) is 54.1 Å². The number of hydrogen-bond donors (Lipinski definition) is 0. The Morgan fingerprint density at radius 2 is 2.00 bits per heavy atom. The van der Waals surface area contributed by atoms with Gasteiger partial charge in [-0.15, -0.1) is 0 Å². The Hall–Kier alpha value is -1.57. The highest BCUT2D eigenvalue weighted by Gasteiger charge is 2.11. The molecule has 0 bridgehead atoms. The Bertz CT molecular complexity index is 442. The van der Waals surface area contributed by atoms with Crippen LogP contribution in [-0.4, -0.2) is 9.55 Å². The highest BCUT2D eigenvalue weighted by atomic mass is 15.0. The molecule has 2 aromatic rings. The Kier molecular flexibility index (Phi) is 4.57. The van der Waals surface area contributed by atoms with Crippen LogP contribution in [0.3, 0.4) is 0 Å². The number of nitrogens with zero attached hydrogens (tertiary/aromatic N) is 2. The van der Waals surface area contributed by atoms with Gasteiger partial charge >= 0.3 is 0 Å². The van der Waals surface area contributed by atoms with Gasteiger partial charge in [-0.3, -0.25) is 0 Å². The second-order valence-corrected chi connectivity index (χ2v) is 5.01. The molecule has 18 heavy (non-hydrogen) atoms. The third kappa shape index (κ3) is 3.46. The molecule has 0 N–H and O–H groups in total. The van der Waals surface area contributed by atoms with E-state index >= 15 is 0 Å². The fourth-order valence-corrected chi connectivity index (χ4v) is 2.30. The lowest BCUT2D eigenvalue weighted by molar-refractivity contribution is 0.505. The molecule has 1 atom stereocenters. The van der Waals surface area contributed by atoms with Crippen molar-refractivity contribution in [3.8, 4) is 0 Å². The monoisotopic (exact) mass is 242 g/mol. The van der Waals surface area contributed by atoms with Crippen molar-refractivity contribution >= 4 is 0 Å². The Labute approximate surface area is 110 Å². The first-order chi connectivity index (χ1) is 8.79. The smallest absolute Gasteiger partial charge is 0.0946 e. The molecule has 0 saturated heterocycles. The highest BCUT2D eigenvalue weighted by Crippen LogP contribution is 2.24. The molecule has 1 heterocycles. The number of aryl methyl sites for hydroxylation is 1. The molecule has 0 radical (unpaired) electrons. The van der Waals surface area contributed by atoms with Gasteiger partial charge in [0.05, 0.1) is 6.33 Å². The molecule has 0 fully saturated rings. The summed E-state index contributed by atoms with van der Waals surface area (Å²) >= 11 is 0. The second-order valence-electron chi connectivity index (χ2n) is 5.01. The molecule has 1 unspecified atom stereocenters. The topological polar surface area (TPSA) is 17.8 Å². The van der Waals surface area contributed by atoms with Crippen molar-refractivity contribution in [2.24, 2.45) is 0 Å². The Morgan fingerprint density at radius 3 is 2.61 bits per heavy atom. The molecule has 1 aromatic heterocycles. The van der Waals surface area contributed by atoms with Crippen LogP contribution >= 0.6 is 0 Å². The van der Waals surface area contributed by atoms with Crippen LogP contribution in [-0.2, 0) is 6.54 Å². The van der Waals surface area contributed by atoms with Crippen LogP contribution in [0.4, 0.5) is 0 Å². The zero-order valence-electron chi connectivity index (χ0n) is 11.3. The molecule has 0 saturated carbocycles. The average molecular weight is 242 g/mol. The van der Waals surface area contributed by atoms with E-state index in [0.29, 0.717) is 5.92 Å².